The first-order valence-corrected chi connectivity index (χ1v) is 6.38. The Bertz CT molecular complexity index is 558. The van der Waals surface area contributed by atoms with Gasteiger partial charge in [-0.2, -0.15) is 0 Å². The lowest BCUT2D eigenvalue weighted by Gasteiger charge is -2.25. The van der Waals surface area contributed by atoms with Crippen LogP contribution >= 0.6 is 0 Å². The fourth-order valence-corrected chi connectivity index (χ4v) is 2.19. The van der Waals surface area contributed by atoms with Crippen molar-refractivity contribution in [2.75, 3.05) is 13.2 Å². The van der Waals surface area contributed by atoms with Crippen molar-refractivity contribution in [3.8, 4) is 0 Å². The van der Waals surface area contributed by atoms with Crippen LogP contribution in [0.25, 0.3) is 0 Å². The standard InChI is InChI=1S/C14H15F2NO4/c1-14(13(19)20)7-21-6-11(14)17-12(18)5-8-9(15)3-2-4-10(8)16/h2-4,11H,5-7H2,1H3,(H,17,18)(H,19,20). The number of carboxylic acids is 1. The van der Waals surface area contributed by atoms with Crippen LogP contribution in [-0.4, -0.2) is 36.2 Å². The van der Waals surface area contributed by atoms with Gasteiger partial charge in [0.05, 0.1) is 25.7 Å². The van der Waals surface area contributed by atoms with Gasteiger partial charge in [0.25, 0.3) is 0 Å². The quantitative estimate of drug-likeness (QED) is 0.873. The van der Waals surface area contributed by atoms with E-state index in [4.69, 9.17) is 4.74 Å². The van der Waals surface area contributed by atoms with Crippen molar-refractivity contribution in [1.82, 2.24) is 5.32 Å². The molecule has 1 fully saturated rings. The molecule has 2 rings (SSSR count). The fraction of sp³-hybridized carbons (Fsp3) is 0.429. The number of rotatable bonds is 4. The van der Waals surface area contributed by atoms with E-state index in [2.05, 4.69) is 5.32 Å². The van der Waals surface area contributed by atoms with Gasteiger partial charge in [-0.1, -0.05) is 6.07 Å². The molecule has 0 radical (unpaired) electrons. The first-order valence-electron chi connectivity index (χ1n) is 6.38. The topological polar surface area (TPSA) is 75.6 Å². The highest BCUT2D eigenvalue weighted by Crippen LogP contribution is 2.28. The van der Waals surface area contributed by atoms with Crippen molar-refractivity contribution in [2.24, 2.45) is 5.41 Å². The molecule has 7 heteroatoms. The minimum Gasteiger partial charge on any atom is -0.481 e. The van der Waals surface area contributed by atoms with Crippen LogP contribution in [0, 0.1) is 17.0 Å². The fourth-order valence-electron chi connectivity index (χ4n) is 2.19. The molecule has 2 N–H and O–H groups in total. The molecule has 0 spiro atoms. The molecule has 1 heterocycles. The molecule has 0 aromatic heterocycles. The Morgan fingerprint density at radius 3 is 2.62 bits per heavy atom. The molecule has 5 nitrogen and oxygen atoms in total. The van der Waals surface area contributed by atoms with E-state index in [1.54, 1.807) is 0 Å². The summed E-state index contributed by atoms with van der Waals surface area (Å²) in [7, 11) is 0. The number of carbonyl (C=O) groups excluding carboxylic acids is 1. The molecule has 2 unspecified atom stereocenters. The van der Waals surface area contributed by atoms with Crippen LogP contribution in [-0.2, 0) is 20.7 Å². The van der Waals surface area contributed by atoms with Gasteiger partial charge in [0.1, 0.15) is 17.0 Å². The summed E-state index contributed by atoms with van der Waals surface area (Å²) >= 11 is 0. The van der Waals surface area contributed by atoms with E-state index in [9.17, 15) is 23.5 Å². The van der Waals surface area contributed by atoms with Gasteiger partial charge in [-0.05, 0) is 19.1 Å². The summed E-state index contributed by atoms with van der Waals surface area (Å²) in [4.78, 5) is 23.1. The molecule has 1 aliphatic heterocycles. The van der Waals surface area contributed by atoms with E-state index in [1.165, 1.54) is 13.0 Å². The highest BCUT2D eigenvalue weighted by Gasteiger charge is 2.47. The van der Waals surface area contributed by atoms with Crippen LogP contribution in [0.5, 0.6) is 0 Å². The van der Waals surface area contributed by atoms with Crippen LogP contribution in [0.1, 0.15) is 12.5 Å². The number of halogens is 2. The number of amides is 1. The van der Waals surface area contributed by atoms with Gasteiger partial charge < -0.3 is 15.2 Å². The van der Waals surface area contributed by atoms with Crippen LogP contribution in [0.4, 0.5) is 8.78 Å². The summed E-state index contributed by atoms with van der Waals surface area (Å²) in [6.07, 6.45) is -0.495. The van der Waals surface area contributed by atoms with Crippen LogP contribution < -0.4 is 5.32 Å². The molecule has 1 aromatic carbocycles. The first-order chi connectivity index (χ1) is 9.84. The second kappa shape index (κ2) is 5.77. The Kier molecular flexibility index (Phi) is 4.22. The van der Waals surface area contributed by atoms with E-state index in [0.717, 1.165) is 12.1 Å². The zero-order chi connectivity index (χ0) is 15.6. The number of hydrogen-bond acceptors (Lipinski definition) is 3. The Morgan fingerprint density at radius 2 is 2.05 bits per heavy atom. The van der Waals surface area contributed by atoms with E-state index >= 15 is 0 Å². The minimum absolute atomic E-state index is 0.0264. The van der Waals surface area contributed by atoms with Crippen molar-refractivity contribution in [3.63, 3.8) is 0 Å². The highest BCUT2D eigenvalue weighted by molar-refractivity contribution is 5.81. The molecule has 0 bridgehead atoms. The second-order valence-electron chi connectivity index (χ2n) is 5.23. The van der Waals surface area contributed by atoms with Gasteiger partial charge in [-0.3, -0.25) is 9.59 Å². The van der Waals surface area contributed by atoms with E-state index < -0.39 is 41.4 Å². The monoisotopic (exact) mass is 299 g/mol. The molecule has 21 heavy (non-hydrogen) atoms. The molecular formula is C14H15F2NO4. The molecule has 0 aliphatic carbocycles. The second-order valence-corrected chi connectivity index (χ2v) is 5.23. The Hall–Kier alpha value is -2.02. The lowest BCUT2D eigenvalue weighted by atomic mass is 9.85. The average Bonchev–Trinajstić information content (AvgIpc) is 2.77. The molecule has 1 aromatic rings. The van der Waals surface area contributed by atoms with Crippen molar-refractivity contribution < 1.29 is 28.2 Å². The number of carboxylic acid groups (broad SMARTS) is 1. The number of hydrogen-bond donors (Lipinski definition) is 2. The smallest absolute Gasteiger partial charge is 0.313 e. The van der Waals surface area contributed by atoms with Gasteiger partial charge in [-0.15, -0.1) is 0 Å². The van der Waals surface area contributed by atoms with Crippen molar-refractivity contribution >= 4 is 11.9 Å². The summed E-state index contributed by atoms with van der Waals surface area (Å²) in [6, 6.07) is 2.59. The summed E-state index contributed by atoms with van der Waals surface area (Å²) in [6.45, 7) is 1.48. The number of nitrogens with one attached hydrogen (secondary N) is 1. The Labute approximate surface area is 119 Å². The number of benzene rings is 1. The van der Waals surface area contributed by atoms with Gasteiger partial charge in [-0.25, -0.2) is 8.78 Å². The molecule has 114 valence electrons. The van der Waals surface area contributed by atoms with Crippen LogP contribution in [0.2, 0.25) is 0 Å². The van der Waals surface area contributed by atoms with Crippen molar-refractivity contribution in [3.05, 3.63) is 35.4 Å². The zero-order valence-corrected chi connectivity index (χ0v) is 11.4. The number of aliphatic carboxylic acids is 1. The summed E-state index contributed by atoms with van der Waals surface area (Å²) in [5, 5.41) is 11.7. The number of ether oxygens (including phenoxy) is 1. The van der Waals surface area contributed by atoms with Gasteiger partial charge in [0.15, 0.2) is 0 Å². The third kappa shape index (κ3) is 3.02. The molecular weight excluding hydrogens is 284 g/mol. The van der Waals surface area contributed by atoms with Crippen molar-refractivity contribution in [2.45, 2.75) is 19.4 Å². The van der Waals surface area contributed by atoms with E-state index in [0.29, 0.717) is 0 Å². The lowest BCUT2D eigenvalue weighted by molar-refractivity contribution is -0.149. The Morgan fingerprint density at radius 1 is 1.43 bits per heavy atom. The number of carbonyl (C=O) groups is 2. The largest absolute Gasteiger partial charge is 0.481 e. The molecule has 0 saturated carbocycles. The molecule has 1 saturated heterocycles. The summed E-state index contributed by atoms with van der Waals surface area (Å²) in [5.74, 6) is -3.37. The van der Waals surface area contributed by atoms with Gasteiger partial charge in [0.2, 0.25) is 5.91 Å². The molecule has 1 aliphatic rings. The molecule has 2 atom stereocenters. The third-order valence-electron chi connectivity index (χ3n) is 3.68. The van der Waals surface area contributed by atoms with Crippen LogP contribution in [0.15, 0.2) is 18.2 Å². The maximum absolute atomic E-state index is 13.5. The average molecular weight is 299 g/mol. The first kappa shape index (κ1) is 15.4. The minimum atomic E-state index is -1.25. The van der Waals surface area contributed by atoms with Crippen LogP contribution in [0.3, 0.4) is 0 Å². The zero-order valence-electron chi connectivity index (χ0n) is 11.4. The maximum Gasteiger partial charge on any atom is 0.313 e. The SMILES string of the molecule is CC1(C(=O)O)COCC1NC(=O)Cc1c(F)cccc1F. The highest BCUT2D eigenvalue weighted by atomic mass is 19.1. The van der Waals surface area contributed by atoms with E-state index in [-0.39, 0.29) is 18.8 Å². The summed E-state index contributed by atoms with van der Waals surface area (Å²) < 4.78 is 32.0. The van der Waals surface area contributed by atoms with Gasteiger partial charge in [0, 0.05) is 5.56 Å². The third-order valence-corrected chi connectivity index (χ3v) is 3.68. The Balaban J connectivity index is 2.07. The lowest BCUT2D eigenvalue weighted by Crippen LogP contribution is -2.50. The van der Waals surface area contributed by atoms with E-state index in [1.807, 2.05) is 0 Å². The predicted molar refractivity (Wildman–Crippen MR) is 68.6 cm³/mol. The predicted octanol–water partition coefficient (Wildman–Crippen LogP) is 1.11. The molecule has 1 amide bonds. The summed E-state index contributed by atoms with van der Waals surface area (Å²) in [5.41, 5.74) is -1.59. The maximum atomic E-state index is 13.5. The normalized spacial score (nSPS) is 24.8. The van der Waals surface area contributed by atoms with Crippen molar-refractivity contribution in [1.29, 1.82) is 0 Å². The van der Waals surface area contributed by atoms with Gasteiger partial charge >= 0.3 is 5.97 Å².